The number of carboxylic acids is 1. The van der Waals surface area contributed by atoms with Gasteiger partial charge in [-0.15, -0.1) is 0 Å². The summed E-state index contributed by atoms with van der Waals surface area (Å²) in [5.74, 6) is -2.03. The minimum Gasteiger partial charge on any atom is -0.478 e. The highest BCUT2D eigenvalue weighted by molar-refractivity contribution is 6.30. The van der Waals surface area contributed by atoms with Crippen molar-refractivity contribution in [1.29, 1.82) is 0 Å². The first-order chi connectivity index (χ1) is 15.4. The molecule has 1 heterocycles. The quantitative estimate of drug-likeness (QED) is 0.510. The second-order valence-electron chi connectivity index (χ2n) is 7.67. The number of nitrogens with zero attached hydrogens (tertiary/aromatic N) is 2. The average molecular weight is 480 g/mol. The topological polar surface area (TPSA) is 84.2 Å². The zero-order chi connectivity index (χ0) is 24.5. The molecular formula is C23H21ClF3N3O3. The maximum absolute atomic E-state index is 13.8. The minimum absolute atomic E-state index is 0.0199. The number of alkyl halides is 3. The van der Waals surface area contributed by atoms with E-state index in [0.717, 1.165) is 7.05 Å². The fraction of sp³-hybridized carbons (Fsp3) is 0.261. The molecule has 1 aromatic heterocycles. The summed E-state index contributed by atoms with van der Waals surface area (Å²) in [5.41, 5.74) is 0.113. The fourth-order valence-electron chi connectivity index (χ4n) is 3.75. The van der Waals surface area contributed by atoms with E-state index in [1.807, 2.05) is 0 Å². The van der Waals surface area contributed by atoms with E-state index in [0.29, 0.717) is 26.4 Å². The molecule has 33 heavy (non-hydrogen) atoms. The van der Waals surface area contributed by atoms with E-state index < -0.39 is 35.4 Å². The van der Waals surface area contributed by atoms with E-state index in [1.54, 1.807) is 38.1 Å². The number of aromatic nitrogens is 2. The summed E-state index contributed by atoms with van der Waals surface area (Å²) in [5, 5.41) is 16.1. The number of carbonyl (C=O) groups excluding carboxylic acids is 1. The van der Waals surface area contributed by atoms with Gasteiger partial charge >= 0.3 is 12.1 Å². The van der Waals surface area contributed by atoms with Gasteiger partial charge in [0.2, 0.25) is 0 Å². The number of carboxylic acid groups (broad SMARTS) is 1. The van der Waals surface area contributed by atoms with Gasteiger partial charge in [-0.05, 0) is 54.8 Å². The smallest absolute Gasteiger partial charge is 0.433 e. The molecule has 2 aromatic carbocycles. The molecule has 174 valence electrons. The average Bonchev–Trinajstić information content (AvgIpc) is 3.03. The van der Waals surface area contributed by atoms with Crippen molar-refractivity contribution >= 4 is 23.5 Å². The standard InChI is InChI=1S/C23H21ClF3N3O3/c1-12-9-15(22(32)33)7-8-17(12)13(2)28-21(31)19-18(11-14-5-4-6-16(24)10-14)29-30(3)20(19)23(25,26)27/h4-10,13H,11H2,1-3H3,(H,28,31)(H,32,33). The molecule has 0 aliphatic heterocycles. The zero-order valence-corrected chi connectivity index (χ0v) is 18.8. The second kappa shape index (κ2) is 9.27. The van der Waals surface area contributed by atoms with E-state index in [-0.39, 0.29) is 17.7 Å². The molecule has 3 aromatic rings. The third-order valence-electron chi connectivity index (χ3n) is 5.21. The van der Waals surface area contributed by atoms with Crippen LogP contribution in [0.15, 0.2) is 42.5 Å². The van der Waals surface area contributed by atoms with E-state index in [4.69, 9.17) is 16.7 Å². The van der Waals surface area contributed by atoms with Crippen molar-refractivity contribution in [3.8, 4) is 0 Å². The van der Waals surface area contributed by atoms with Crippen molar-refractivity contribution in [1.82, 2.24) is 15.1 Å². The summed E-state index contributed by atoms with van der Waals surface area (Å²) < 4.78 is 42.1. The van der Waals surface area contributed by atoms with Crippen molar-refractivity contribution in [3.05, 3.63) is 86.7 Å². The molecule has 0 aliphatic carbocycles. The van der Waals surface area contributed by atoms with Crippen LogP contribution in [0.2, 0.25) is 5.02 Å². The van der Waals surface area contributed by atoms with Crippen LogP contribution in [0.3, 0.4) is 0 Å². The Morgan fingerprint density at radius 3 is 2.48 bits per heavy atom. The largest absolute Gasteiger partial charge is 0.478 e. The summed E-state index contributed by atoms with van der Waals surface area (Å²) in [6.07, 6.45) is -4.82. The third-order valence-corrected chi connectivity index (χ3v) is 5.44. The molecule has 10 heteroatoms. The van der Waals surface area contributed by atoms with Crippen molar-refractivity contribution in [2.24, 2.45) is 7.05 Å². The van der Waals surface area contributed by atoms with Crippen LogP contribution in [-0.4, -0.2) is 26.8 Å². The first-order valence-electron chi connectivity index (χ1n) is 9.90. The lowest BCUT2D eigenvalue weighted by Crippen LogP contribution is -2.30. The Hall–Kier alpha value is -3.33. The summed E-state index contributed by atoms with van der Waals surface area (Å²) in [4.78, 5) is 24.2. The molecule has 2 N–H and O–H groups in total. The van der Waals surface area contributed by atoms with Crippen molar-refractivity contribution in [2.45, 2.75) is 32.5 Å². The van der Waals surface area contributed by atoms with Gasteiger partial charge < -0.3 is 10.4 Å². The third kappa shape index (κ3) is 5.36. The van der Waals surface area contributed by atoms with Crippen LogP contribution in [0.25, 0.3) is 0 Å². The predicted octanol–water partition coefficient (Wildman–Crippen LogP) is 5.18. The summed E-state index contributed by atoms with van der Waals surface area (Å²) in [6.45, 7) is 3.28. The van der Waals surface area contributed by atoms with Crippen molar-refractivity contribution < 1.29 is 27.9 Å². The first-order valence-corrected chi connectivity index (χ1v) is 10.3. The molecule has 1 atom stereocenters. The van der Waals surface area contributed by atoms with E-state index in [9.17, 15) is 22.8 Å². The van der Waals surface area contributed by atoms with Gasteiger partial charge in [0.25, 0.3) is 5.91 Å². The van der Waals surface area contributed by atoms with Crippen LogP contribution in [0.5, 0.6) is 0 Å². The Morgan fingerprint density at radius 1 is 1.21 bits per heavy atom. The predicted molar refractivity (Wildman–Crippen MR) is 116 cm³/mol. The lowest BCUT2D eigenvalue weighted by molar-refractivity contribution is -0.144. The molecular weight excluding hydrogens is 459 g/mol. The Bertz CT molecular complexity index is 1220. The van der Waals surface area contributed by atoms with E-state index in [2.05, 4.69) is 10.4 Å². The number of halogens is 4. The van der Waals surface area contributed by atoms with Gasteiger partial charge in [0, 0.05) is 18.5 Å². The SMILES string of the molecule is Cc1cc(C(=O)O)ccc1C(C)NC(=O)c1c(Cc2cccc(Cl)c2)nn(C)c1C(F)(F)F. The molecule has 1 unspecified atom stereocenters. The van der Waals surface area contributed by atoms with Crippen LogP contribution in [-0.2, 0) is 19.6 Å². The van der Waals surface area contributed by atoms with Gasteiger partial charge in [0.15, 0.2) is 5.69 Å². The van der Waals surface area contributed by atoms with Gasteiger partial charge in [-0.3, -0.25) is 9.48 Å². The van der Waals surface area contributed by atoms with E-state index in [1.165, 1.54) is 18.2 Å². The number of carbonyl (C=O) groups is 2. The summed E-state index contributed by atoms with van der Waals surface area (Å²) in [7, 11) is 1.14. The highest BCUT2D eigenvalue weighted by atomic mass is 35.5. The van der Waals surface area contributed by atoms with Crippen LogP contribution >= 0.6 is 11.6 Å². The van der Waals surface area contributed by atoms with Gasteiger partial charge in [-0.1, -0.05) is 29.8 Å². The number of hydrogen-bond acceptors (Lipinski definition) is 3. The van der Waals surface area contributed by atoms with E-state index >= 15 is 0 Å². The highest BCUT2D eigenvalue weighted by Crippen LogP contribution is 2.34. The molecule has 0 saturated carbocycles. The number of nitrogens with one attached hydrogen (secondary N) is 1. The Labute approximate surface area is 193 Å². The van der Waals surface area contributed by atoms with Crippen molar-refractivity contribution in [2.75, 3.05) is 0 Å². The monoisotopic (exact) mass is 479 g/mol. The second-order valence-corrected chi connectivity index (χ2v) is 8.11. The number of aryl methyl sites for hydroxylation is 2. The molecule has 1 amide bonds. The molecule has 0 radical (unpaired) electrons. The Morgan fingerprint density at radius 2 is 1.91 bits per heavy atom. The minimum atomic E-state index is -4.80. The Balaban J connectivity index is 1.98. The molecule has 0 spiro atoms. The highest BCUT2D eigenvalue weighted by Gasteiger charge is 2.41. The van der Waals surface area contributed by atoms with Crippen LogP contribution in [0.4, 0.5) is 13.2 Å². The van der Waals surface area contributed by atoms with Gasteiger partial charge in [-0.25, -0.2) is 4.79 Å². The summed E-state index contributed by atoms with van der Waals surface area (Å²) >= 11 is 5.98. The lowest BCUT2D eigenvalue weighted by atomic mass is 9.99. The molecule has 0 fully saturated rings. The Kier molecular flexibility index (Phi) is 6.83. The molecule has 0 saturated heterocycles. The zero-order valence-electron chi connectivity index (χ0n) is 18.0. The lowest BCUT2D eigenvalue weighted by Gasteiger charge is -2.18. The molecule has 0 aliphatic rings. The number of rotatable bonds is 6. The van der Waals surface area contributed by atoms with Crippen LogP contribution in [0.1, 0.15) is 61.8 Å². The maximum atomic E-state index is 13.8. The van der Waals surface area contributed by atoms with Gasteiger partial charge in [-0.2, -0.15) is 18.3 Å². The molecule has 6 nitrogen and oxygen atoms in total. The number of aromatic carboxylic acids is 1. The number of benzene rings is 2. The van der Waals surface area contributed by atoms with Gasteiger partial charge in [0.1, 0.15) is 0 Å². The fourth-order valence-corrected chi connectivity index (χ4v) is 3.96. The van der Waals surface area contributed by atoms with Crippen LogP contribution in [0, 0.1) is 6.92 Å². The molecule has 0 bridgehead atoms. The first kappa shape index (κ1) is 24.3. The molecule has 3 rings (SSSR count). The number of amides is 1. The maximum Gasteiger partial charge on any atom is 0.433 e. The van der Waals surface area contributed by atoms with Crippen molar-refractivity contribution in [3.63, 3.8) is 0 Å². The summed E-state index contributed by atoms with van der Waals surface area (Å²) in [6, 6.07) is 10.3. The van der Waals surface area contributed by atoms with Crippen LogP contribution < -0.4 is 5.32 Å². The number of hydrogen-bond donors (Lipinski definition) is 2. The normalized spacial score (nSPS) is 12.5. The van der Waals surface area contributed by atoms with Gasteiger partial charge in [0.05, 0.1) is 22.9 Å².